The number of nitrogens with one attached hydrogen (secondary N) is 1. The molecule has 1 unspecified atom stereocenters. The number of rotatable bonds is 3. The van der Waals surface area contributed by atoms with Crippen molar-refractivity contribution in [3.8, 4) is 11.5 Å². The Hall–Kier alpha value is -1.91. The average Bonchev–Trinajstić information content (AvgIpc) is 2.22. The van der Waals surface area contributed by atoms with Crippen molar-refractivity contribution in [2.45, 2.75) is 39.3 Å². The second-order valence-electron chi connectivity index (χ2n) is 5.19. The lowest BCUT2D eigenvalue weighted by molar-refractivity contribution is -0.128. The Morgan fingerprint density at radius 3 is 2.61 bits per heavy atom. The van der Waals surface area contributed by atoms with Gasteiger partial charge in [0.05, 0.1) is 0 Å². The van der Waals surface area contributed by atoms with Crippen LogP contribution in [-0.4, -0.2) is 22.7 Å². The number of phenols is 1. The molecule has 1 aromatic carbocycles. The first-order valence-electron chi connectivity index (χ1n) is 5.77. The molecule has 0 aliphatic carbocycles. The fourth-order valence-corrected chi connectivity index (χ4v) is 1.35. The predicted molar refractivity (Wildman–Crippen MR) is 70.5 cm³/mol. The van der Waals surface area contributed by atoms with Crippen LogP contribution in [0.5, 0.6) is 11.5 Å². The number of carbonyl (C=O) groups is 1. The predicted octanol–water partition coefficient (Wildman–Crippen LogP) is 1.66. The molecule has 1 rings (SSSR count). The highest BCUT2D eigenvalue weighted by Crippen LogP contribution is 2.30. The standard InChI is InChI=1S/C13H20N2O3/c1-8(12(17)15-13(2,3)4)18-10-7-5-6-9(16)11(10)14/h5-8,16H,14H2,1-4H3,(H,15,17). The Bertz CT molecular complexity index is 438. The first-order valence-corrected chi connectivity index (χ1v) is 5.77. The van der Waals surface area contributed by atoms with Gasteiger partial charge in [0.15, 0.2) is 6.10 Å². The summed E-state index contributed by atoms with van der Waals surface area (Å²) in [5.74, 6) is 0.00716. The maximum Gasteiger partial charge on any atom is 0.261 e. The molecule has 0 aliphatic rings. The molecule has 0 aromatic heterocycles. The molecule has 0 radical (unpaired) electrons. The number of anilines is 1. The van der Waals surface area contributed by atoms with E-state index in [9.17, 15) is 9.90 Å². The number of carbonyl (C=O) groups excluding carboxylic acids is 1. The zero-order chi connectivity index (χ0) is 13.9. The molecule has 5 nitrogen and oxygen atoms in total. The van der Waals surface area contributed by atoms with Crippen LogP contribution in [0.25, 0.3) is 0 Å². The van der Waals surface area contributed by atoms with E-state index in [4.69, 9.17) is 10.5 Å². The molecule has 1 amide bonds. The second-order valence-corrected chi connectivity index (χ2v) is 5.19. The summed E-state index contributed by atoms with van der Waals surface area (Å²) in [6, 6.07) is 4.67. The van der Waals surface area contributed by atoms with Crippen LogP contribution < -0.4 is 15.8 Å². The van der Waals surface area contributed by atoms with Gasteiger partial charge < -0.3 is 20.9 Å². The largest absolute Gasteiger partial charge is 0.506 e. The number of hydrogen-bond donors (Lipinski definition) is 3. The number of aromatic hydroxyl groups is 1. The van der Waals surface area contributed by atoms with Gasteiger partial charge in [-0.05, 0) is 39.8 Å². The van der Waals surface area contributed by atoms with Crippen LogP contribution in [0.3, 0.4) is 0 Å². The SMILES string of the molecule is CC(Oc1cccc(O)c1N)C(=O)NC(C)(C)C. The van der Waals surface area contributed by atoms with Crippen LogP contribution in [0.2, 0.25) is 0 Å². The highest BCUT2D eigenvalue weighted by Gasteiger charge is 2.21. The molecule has 18 heavy (non-hydrogen) atoms. The Kier molecular flexibility index (Phi) is 4.06. The van der Waals surface area contributed by atoms with E-state index in [1.54, 1.807) is 19.1 Å². The van der Waals surface area contributed by atoms with E-state index < -0.39 is 6.10 Å². The maximum atomic E-state index is 11.8. The van der Waals surface area contributed by atoms with E-state index in [1.807, 2.05) is 20.8 Å². The number of nitrogen functional groups attached to an aromatic ring is 1. The van der Waals surface area contributed by atoms with E-state index in [0.29, 0.717) is 5.75 Å². The Morgan fingerprint density at radius 2 is 2.06 bits per heavy atom. The lowest BCUT2D eigenvalue weighted by Gasteiger charge is -2.24. The van der Waals surface area contributed by atoms with Gasteiger partial charge in [-0.2, -0.15) is 0 Å². The molecule has 0 bridgehead atoms. The van der Waals surface area contributed by atoms with Crippen molar-refractivity contribution < 1.29 is 14.6 Å². The number of para-hydroxylation sites is 1. The van der Waals surface area contributed by atoms with E-state index in [0.717, 1.165) is 0 Å². The highest BCUT2D eigenvalue weighted by molar-refractivity contribution is 5.81. The van der Waals surface area contributed by atoms with Crippen LogP contribution in [0.15, 0.2) is 18.2 Å². The summed E-state index contributed by atoms with van der Waals surface area (Å²) in [5, 5.41) is 12.2. The summed E-state index contributed by atoms with van der Waals surface area (Å²) >= 11 is 0. The van der Waals surface area contributed by atoms with Crippen molar-refractivity contribution in [1.82, 2.24) is 5.32 Å². The summed E-state index contributed by atoms with van der Waals surface area (Å²) in [7, 11) is 0. The van der Waals surface area contributed by atoms with Crippen LogP contribution in [0.1, 0.15) is 27.7 Å². The van der Waals surface area contributed by atoms with E-state index in [2.05, 4.69) is 5.32 Å². The third-order valence-electron chi connectivity index (χ3n) is 2.21. The number of phenolic OH excluding ortho intramolecular Hbond substituents is 1. The molecule has 0 heterocycles. The molecular weight excluding hydrogens is 232 g/mol. The average molecular weight is 252 g/mol. The minimum absolute atomic E-state index is 0.0593. The Morgan fingerprint density at radius 1 is 1.44 bits per heavy atom. The van der Waals surface area contributed by atoms with Crippen LogP contribution >= 0.6 is 0 Å². The van der Waals surface area contributed by atoms with Gasteiger partial charge in [0.25, 0.3) is 5.91 Å². The van der Waals surface area contributed by atoms with Gasteiger partial charge >= 0.3 is 0 Å². The molecule has 0 spiro atoms. The topological polar surface area (TPSA) is 84.6 Å². The van der Waals surface area contributed by atoms with Gasteiger partial charge in [-0.3, -0.25) is 4.79 Å². The lowest BCUT2D eigenvalue weighted by Crippen LogP contribution is -2.46. The fraction of sp³-hybridized carbons (Fsp3) is 0.462. The van der Waals surface area contributed by atoms with Crippen LogP contribution in [-0.2, 0) is 4.79 Å². The first kappa shape index (κ1) is 14.2. The number of amides is 1. The molecular formula is C13H20N2O3. The van der Waals surface area contributed by atoms with Gasteiger partial charge in [-0.1, -0.05) is 6.07 Å². The normalized spacial score (nSPS) is 12.9. The molecule has 0 fully saturated rings. The van der Waals surface area contributed by atoms with Crippen LogP contribution in [0, 0.1) is 0 Å². The van der Waals surface area contributed by atoms with Gasteiger partial charge in [-0.15, -0.1) is 0 Å². The Balaban J connectivity index is 2.73. The molecule has 0 saturated heterocycles. The summed E-state index contributed by atoms with van der Waals surface area (Å²) in [4.78, 5) is 11.8. The lowest BCUT2D eigenvalue weighted by atomic mass is 10.1. The summed E-state index contributed by atoms with van der Waals surface area (Å²) in [5.41, 5.74) is 5.46. The van der Waals surface area contributed by atoms with E-state index in [1.165, 1.54) is 6.07 Å². The number of nitrogens with two attached hydrogens (primary N) is 1. The number of ether oxygens (including phenoxy) is 1. The molecule has 0 aliphatic heterocycles. The summed E-state index contributed by atoms with van der Waals surface area (Å²) < 4.78 is 5.44. The second kappa shape index (κ2) is 5.16. The molecule has 1 aromatic rings. The van der Waals surface area contributed by atoms with Crippen molar-refractivity contribution in [2.75, 3.05) is 5.73 Å². The van der Waals surface area contributed by atoms with E-state index >= 15 is 0 Å². The molecule has 1 atom stereocenters. The van der Waals surface area contributed by atoms with Crippen molar-refractivity contribution in [3.63, 3.8) is 0 Å². The zero-order valence-corrected chi connectivity index (χ0v) is 11.2. The number of hydrogen-bond acceptors (Lipinski definition) is 4. The zero-order valence-electron chi connectivity index (χ0n) is 11.2. The van der Waals surface area contributed by atoms with Crippen molar-refractivity contribution >= 4 is 11.6 Å². The van der Waals surface area contributed by atoms with Crippen LogP contribution in [0.4, 0.5) is 5.69 Å². The molecule has 100 valence electrons. The highest BCUT2D eigenvalue weighted by atomic mass is 16.5. The molecule has 4 N–H and O–H groups in total. The van der Waals surface area contributed by atoms with E-state index in [-0.39, 0.29) is 22.9 Å². The fourth-order valence-electron chi connectivity index (χ4n) is 1.35. The number of benzene rings is 1. The minimum atomic E-state index is -0.687. The summed E-state index contributed by atoms with van der Waals surface area (Å²) in [6.07, 6.45) is -0.687. The minimum Gasteiger partial charge on any atom is -0.506 e. The van der Waals surface area contributed by atoms with Crippen molar-refractivity contribution in [1.29, 1.82) is 0 Å². The smallest absolute Gasteiger partial charge is 0.261 e. The Labute approximate surface area is 107 Å². The quantitative estimate of drug-likeness (QED) is 0.564. The van der Waals surface area contributed by atoms with Gasteiger partial charge in [0.1, 0.15) is 17.2 Å². The van der Waals surface area contributed by atoms with Gasteiger partial charge in [-0.25, -0.2) is 0 Å². The van der Waals surface area contributed by atoms with Gasteiger partial charge in [0, 0.05) is 5.54 Å². The maximum absolute atomic E-state index is 11.8. The van der Waals surface area contributed by atoms with Crippen molar-refractivity contribution in [2.24, 2.45) is 0 Å². The summed E-state index contributed by atoms with van der Waals surface area (Å²) in [6.45, 7) is 7.30. The third kappa shape index (κ3) is 3.84. The first-order chi connectivity index (χ1) is 8.20. The monoisotopic (exact) mass is 252 g/mol. The van der Waals surface area contributed by atoms with Crippen molar-refractivity contribution in [3.05, 3.63) is 18.2 Å². The molecule has 0 saturated carbocycles. The van der Waals surface area contributed by atoms with Gasteiger partial charge in [0.2, 0.25) is 0 Å². The molecule has 5 heteroatoms. The third-order valence-corrected chi connectivity index (χ3v) is 2.21.